The van der Waals surface area contributed by atoms with Gasteiger partial charge in [-0.25, -0.2) is 9.59 Å². The first-order chi connectivity index (χ1) is 16.3. The molecule has 0 heterocycles. The molecule has 1 aromatic rings. The number of hydrogen-bond acceptors (Lipinski definition) is 9. The highest BCUT2D eigenvalue weighted by atomic mass is 16.4. The van der Waals surface area contributed by atoms with E-state index in [0.717, 1.165) is 31.7 Å². The standard InChI is InChI=1S/C8H6O4.C6H14O2.C5H12O3.C5H12O2/c9-7(10)5-2-1-3-6(4-5)8(11)12;7-5-3-1-2-4-6-8;1-5(2-6,3-7)4-8;1-5(2,3-6)4-7/h1-4H,(H,9,10)(H,11,12);7-8H,1-6H2;6-8H,2-4H2,1H3;6-7H,3-4H2,1-2H3. The van der Waals surface area contributed by atoms with Crippen LogP contribution in [-0.4, -0.2) is 104 Å². The molecule has 206 valence electrons. The summed E-state index contributed by atoms with van der Waals surface area (Å²) in [5.41, 5.74) is -1.05. The molecule has 0 unspecified atom stereocenters. The number of aromatic carboxylic acids is 2. The molecule has 0 aliphatic carbocycles. The fraction of sp³-hybridized carbons (Fsp3) is 0.667. The van der Waals surface area contributed by atoms with Crippen LogP contribution in [0.1, 0.15) is 67.2 Å². The van der Waals surface area contributed by atoms with Gasteiger partial charge in [0.1, 0.15) is 0 Å². The second-order valence-electron chi connectivity index (χ2n) is 8.82. The fourth-order valence-corrected chi connectivity index (χ4v) is 1.56. The third-order valence-corrected chi connectivity index (χ3v) is 4.42. The Bertz CT molecular complexity index is 609. The normalized spacial score (nSPS) is 10.6. The van der Waals surface area contributed by atoms with Crippen LogP contribution in [0.2, 0.25) is 0 Å². The molecular weight excluding hydrogens is 464 g/mol. The zero-order valence-electron chi connectivity index (χ0n) is 20.9. The molecule has 0 saturated heterocycles. The Hall–Kier alpha value is -2.12. The summed E-state index contributed by atoms with van der Waals surface area (Å²) in [5, 5.41) is 75.9. The van der Waals surface area contributed by atoms with Crippen molar-refractivity contribution in [1.82, 2.24) is 0 Å². The predicted molar refractivity (Wildman–Crippen MR) is 130 cm³/mol. The number of carboxylic acids is 2. The molecule has 0 aliphatic heterocycles. The number of carboxylic acid groups (broad SMARTS) is 2. The van der Waals surface area contributed by atoms with E-state index in [4.69, 9.17) is 46.0 Å². The first-order valence-electron chi connectivity index (χ1n) is 11.2. The molecule has 1 aromatic carbocycles. The maximum atomic E-state index is 10.4. The van der Waals surface area contributed by atoms with Crippen LogP contribution in [0.4, 0.5) is 0 Å². The monoisotopic (exact) mass is 508 g/mol. The van der Waals surface area contributed by atoms with Gasteiger partial charge in [0, 0.05) is 24.0 Å². The van der Waals surface area contributed by atoms with Crippen LogP contribution in [0, 0.1) is 10.8 Å². The van der Waals surface area contributed by atoms with Gasteiger partial charge in [-0.1, -0.05) is 39.7 Å². The van der Waals surface area contributed by atoms with Crippen molar-refractivity contribution < 1.29 is 55.5 Å². The Balaban J connectivity index is -0.000000401. The molecule has 0 amide bonds. The zero-order valence-corrected chi connectivity index (χ0v) is 20.9. The van der Waals surface area contributed by atoms with Crippen molar-refractivity contribution >= 4 is 11.9 Å². The van der Waals surface area contributed by atoms with Crippen molar-refractivity contribution in [3.8, 4) is 0 Å². The molecule has 35 heavy (non-hydrogen) atoms. The first-order valence-corrected chi connectivity index (χ1v) is 11.2. The minimum Gasteiger partial charge on any atom is -0.478 e. The molecule has 0 saturated carbocycles. The number of hydrogen-bond donors (Lipinski definition) is 9. The van der Waals surface area contributed by atoms with Crippen molar-refractivity contribution in [3.63, 3.8) is 0 Å². The minimum absolute atomic E-state index is 0.0186. The lowest BCUT2D eigenvalue weighted by Gasteiger charge is -2.20. The van der Waals surface area contributed by atoms with Crippen LogP contribution in [0.5, 0.6) is 0 Å². The third-order valence-electron chi connectivity index (χ3n) is 4.42. The van der Waals surface area contributed by atoms with E-state index >= 15 is 0 Å². The quantitative estimate of drug-likeness (QED) is 0.178. The lowest BCUT2D eigenvalue weighted by molar-refractivity contribution is 0.0200. The molecule has 11 nitrogen and oxygen atoms in total. The molecule has 0 bridgehead atoms. The zero-order chi connectivity index (χ0) is 27.9. The lowest BCUT2D eigenvalue weighted by atomic mass is 9.95. The average molecular weight is 509 g/mol. The van der Waals surface area contributed by atoms with Crippen LogP contribution in [0.3, 0.4) is 0 Å². The molecule has 9 N–H and O–H groups in total. The van der Waals surface area contributed by atoms with Crippen molar-refractivity contribution in [2.24, 2.45) is 10.8 Å². The SMILES string of the molecule is CC(C)(CO)CO.CC(CO)(CO)CO.O=C(O)c1cccc(C(=O)O)c1.OCCCCCCO. The van der Waals surface area contributed by atoms with Gasteiger partial charge in [0.2, 0.25) is 0 Å². The highest BCUT2D eigenvalue weighted by Crippen LogP contribution is 2.11. The van der Waals surface area contributed by atoms with Crippen LogP contribution in [0.15, 0.2) is 24.3 Å². The summed E-state index contributed by atoms with van der Waals surface area (Å²) in [6, 6.07) is 5.20. The fourth-order valence-electron chi connectivity index (χ4n) is 1.56. The molecule has 0 aliphatic rings. The molecular formula is C24H44O11. The second-order valence-corrected chi connectivity index (χ2v) is 8.82. The maximum Gasteiger partial charge on any atom is 0.335 e. The smallest absolute Gasteiger partial charge is 0.335 e. The van der Waals surface area contributed by atoms with Gasteiger partial charge in [-0.2, -0.15) is 0 Å². The van der Waals surface area contributed by atoms with E-state index in [0.29, 0.717) is 0 Å². The van der Waals surface area contributed by atoms with E-state index in [1.165, 1.54) is 18.2 Å². The first kappa shape index (κ1) is 37.4. The van der Waals surface area contributed by atoms with Gasteiger partial charge in [0.05, 0.1) is 44.2 Å². The van der Waals surface area contributed by atoms with Gasteiger partial charge < -0.3 is 46.0 Å². The van der Waals surface area contributed by atoms with Crippen molar-refractivity contribution in [3.05, 3.63) is 35.4 Å². The Morgan fingerprint density at radius 3 is 1.14 bits per heavy atom. The van der Waals surface area contributed by atoms with Crippen molar-refractivity contribution in [1.29, 1.82) is 0 Å². The van der Waals surface area contributed by atoms with E-state index in [1.807, 2.05) is 0 Å². The Kier molecular flexibility index (Phi) is 23.9. The van der Waals surface area contributed by atoms with E-state index in [1.54, 1.807) is 20.8 Å². The maximum absolute atomic E-state index is 10.4. The molecule has 0 spiro atoms. The highest BCUT2D eigenvalue weighted by Gasteiger charge is 2.20. The van der Waals surface area contributed by atoms with Gasteiger partial charge in [-0.05, 0) is 31.0 Å². The van der Waals surface area contributed by atoms with Crippen molar-refractivity contribution in [2.45, 2.75) is 46.5 Å². The van der Waals surface area contributed by atoms with Crippen LogP contribution in [-0.2, 0) is 0 Å². The highest BCUT2D eigenvalue weighted by molar-refractivity contribution is 5.93. The molecule has 0 atom stereocenters. The Labute approximate surface area is 206 Å². The predicted octanol–water partition coefficient (Wildman–Crippen LogP) is 0.581. The number of carbonyl (C=O) groups is 2. The molecule has 0 aromatic heterocycles. The molecule has 11 heteroatoms. The summed E-state index contributed by atoms with van der Waals surface area (Å²) in [7, 11) is 0. The van der Waals surface area contributed by atoms with Crippen molar-refractivity contribution in [2.75, 3.05) is 46.2 Å². The summed E-state index contributed by atoms with van der Waals surface area (Å²) >= 11 is 0. The molecule has 0 fully saturated rings. The Morgan fingerprint density at radius 2 is 0.971 bits per heavy atom. The molecule has 0 radical (unpaired) electrons. The van der Waals surface area contributed by atoms with Gasteiger partial charge >= 0.3 is 11.9 Å². The third kappa shape index (κ3) is 22.1. The Morgan fingerprint density at radius 1 is 0.629 bits per heavy atom. The van der Waals surface area contributed by atoms with Crippen LogP contribution < -0.4 is 0 Å². The van der Waals surface area contributed by atoms with E-state index in [2.05, 4.69) is 0 Å². The van der Waals surface area contributed by atoms with Gasteiger partial charge in [-0.3, -0.25) is 0 Å². The number of aliphatic hydroxyl groups excluding tert-OH is 7. The summed E-state index contributed by atoms with van der Waals surface area (Å²) < 4.78 is 0. The van der Waals surface area contributed by atoms with E-state index in [9.17, 15) is 9.59 Å². The molecule has 1 rings (SSSR count). The average Bonchev–Trinajstić information content (AvgIpc) is 2.87. The number of rotatable bonds is 12. The van der Waals surface area contributed by atoms with Gasteiger partial charge in [-0.15, -0.1) is 0 Å². The van der Waals surface area contributed by atoms with E-state index < -0.39 is 17.4 Å². The topological polar surface area (TPSA) is 216 Å². The largest absolute Gasteiger partial charge is 0.478 e. The van der Waals surface area contributed by atoms with E-state index in [-0.39, 0.29) is 62.8 Å². The lowest BCUT2D eigenvalue weighted by Crippen LogP contribution is -2.29. The number of benzene rings is 1. The number of unbranched alkanes of at least 4 members (excludes halogenated alkanes) is 3. The summed E-state index contributed by atoms with van der Waals surface area (Å²) in [6.45, 7) is 5.32. The van der Waals surface area contributed by atoms with Gasteiger partial charge in [0.15, 0.2) is 0 Å². The van der Waals surface area contributed by atoms with Crippen LogP contribution >= 0.6 is 0 Å². The minimum atomic E-state index is -1.13. The van der Waals surface area contributed by atoms with Crippen LogP contribution in [0.25, 0.3) is 0 Å². The summed E-state index contributed by atoms with van der Waals surface area (Å²) in [4.78, 5) is 20.8. The number of aliphatic hydroxyl groups is 7. The summed E-state index contributed by atoms with van der Waals surface area (Å²) in [5.74, 6) is -2.25. The second kappa shape index (κ2) is 22.4. The summed E-state index contributed by atoms with van der Waals surface area (Å²) in [6.07, 6.45) is 3.83. The van der Waals surface area contributed by atoms with Gasteiger partial charge in [0.25, 0.3) is 0 Å².